The Morgan fingerprint density at radius 2 is 1.68 bits per heavy atom. The smallest absolute Gasteiger partial charge is 0.263 e. The fourth-order valence-corrected chi connectivity index (χ4v) is 4.22. The van der Waals surface area contributed by atoms with Crippen LogP contribution < -0.4 is 9.86 Å². The lowest BCUT2D eigenvalue weighted by Crippen LogP contribution is -2.16. The van der Waals surface area contributed by atoms with Crippen molar-refractivity contribution in [1.82, 2.24) is 0 Å². The van der Waals surface area contributed by atoms with Crippen LogP contribution in [0, 0.1) is 5.82 Å². The van der Waals surface area contributed by atoms with Gasteiger partial charge in [0.15, 0.2) is 0 Å². The number of hydrogen-bond donors (Lipinski definition) is 2. The van der Waals surface area contributed by atoms with E-state index in [9.17, 15) is 21.2 Å². The molecule has 0 bridgehead atoms. The van der Waals surface area contributed by atoms with Gasteiger partial charge in [0, 0.05) is 4.47 Å². The van der Waals surface area contributed by atoms with Gasteiger partial charge in [-0.25, -0.2) is 26.4 Å². The zero-order valence-corrected chi connectivity index (χ0v) is 14.0. The zero-order valence-electron chi connectivity index (χ0n) is 10.8. The van der Waals surface area contributed by atoms with Gasteiger partial charge in [0.25, 0.3) is 10.0 Å². The van der Waals surface area contributed by atoms with Crippen LogP contribution >= 0.6 is 15.9 Å². The highest BCUT2D eigenvalue weighted by molar-refractivity contribution is 9.10. The van der Waals surface area contributed by atoms with Crippen molar-refractivity contribution in [3.05, 3.63) is 52.8 Å². The molecule has 3 N–H and O–H groups in total. The second-order valence-electron chi connectivity index (χ2n) is 4.22. The van der Waals surface area contributed by atoms with Gasteiger partial charge in [-0.1, -0.05) is 12.1 Å². The van der Waals surface area contributed by atoms with Crippen LogP contribution in [-0.4, -0.2) is 16.8 Å². The summed E-state index contributed by atoms with van der Waals surface area (Å²) in [6.07, 6.45) is 0. The van der Waals surface area contributed by atoms with Crippen LogP contribution in [-0.2, 0) is 20.0 Å². The Morgan fingerprint density at radius 1 is 1.05 bits per heavy atom. The molecule has 0 aromatic heterocycles. The van der Waals surface area contributed by atoms with E-state index in [4.69, 9.17) is 5.14 Å². The molecule has 0 amide bonds. The molecule has 0 saturated carbocycles. The van der Waals surface area contributed by atoms with Gasteiger partial charge in [0.2, 0.25) is 10.0 Å². The summed E-state index contributed by atoms with van der Waals surface area (Å²) in [4.78, 5) is -0.529. The second kappa shape index (κ2) is 5.95. The summed E-state index contributed by atoms with van der Waals surface area (Å²) < 4.78 is 62.9. The van der Waals surface area contributed by atoms with Gasteiger partial charge in [0.05, 0.1) is 10.6 Å². The number of rotatable bonds is 4. The van der Waals surface area contributed by atoms with Crippen LogP contribution in [0.1, 0.15) is 0 Å². The molecular weight excluding hydrogens is 399 g/mol. The van der Waals surface area contributed by atoms with Gasteiger partial charge in [-0.3, -0.25) is 4.72 Å². The van der Waals surface area contributed by atoms with Crippen LogP contribution in [0.5, 0.6) is 0 Å². The van der Waals surface area contributed by atoms with Crippen LogP contribution in [0.15, 0.2) is 56.7 Å². The number of hydrogen-bond acceptors (Lipinski definition) is 4. The molecule has 0 fully saturated rings. The monoisotopic (exact) mass is 408 g/mol. The molecule has 22 heavy (non-hydrogen) atoms. The van der Waals surface area contributed by atoms with E-state index in [-0.39, 0.29) is 10.6 Å². The van der Waals surface area contributed by atoms with Gasteiger partial charge < -0.3 is 0 Å². The van der Waals surface area contributed by atoms with E-state index in [2.05, 4.69) is 20.7 Å². The third kappa shape index (κ3) is 3.64. The minimum atomic E-state index is -4.07. The molecule has 0 aliphatic carbocycles. The molecule has 118 valence electrons. The van der Waals surface area contributed by atoms with Crippen molar-refractivity contribution in [3.8, 4) is 0 Å². The SMILES string of the molecule is NS(=O)(=O)c1ccc(NS(=O)(=O)c2ccccc2Br)c(F)c1. The zero-order chi connectivity index (χ0) is 16.5. The molecule has 10 heteroatoms. The molecule has 6 nitrogen and oxygen atoms in total. The fraction of sp³-hybridized carbons (Fsp3) is 0. The minimum Gasteiger partial charge on any atom is -0.277 e. The quantitative estimate of drug-likeness (QED) is 0.806. The Morgan fingerprint density at radius 3 is 2.23 bits per heavy atom. The van der Waals surface area contributed by atoms with Crippen molar-refractivity contribution in [3.63, 3.8) is 0 Å². The lowest BCUT2D eigenvalue weighted by Gasteiger charge is -2.10. The van der Waals surface area contributed by atoms with E-state index in [1.807, 2.05) is 0 Å². The van der Waals surface area contributed by atoms with Gasteiger partial charge in [-0.05, 0) is 46.3 Å². The summed E-state index contributed by atoms with van der Waals surface area (Å²) in [7, 11) is -8.10. The maximum absolute atomic E-state index is 13.9. The van der Waals surface area contributed by atoms with Crippen molar-refractivity contribution < 1.29 is 21.2 Å². The highest BCUT2D eigenvalue weighted by Gasteiger charge is 2.20. The average molecular weight is 409 g/mol. The maximum atomic E-state index is 13.9. The first-order valence-electron chi connectivity index (χ1n) is 5.71. The molecule has 0 radical (unpaired) electrons. The van der Waals surface area contributed by atoms with E-state index in [0.29, 0.717) is 10.5 Å². The highest BCUT2D eigenvalue weighted by Crippen LogP contribution is 2.25. The van der Waals surface area contributed by atoms with E-state index in [1.165, 1.54) is 18.2 Å². The molecule has 0 saturated heterocycles. The highest BCUT2D eigenvalue weighted by atomic mass is 79.9. The normalized spacial score (nSPS) is 12.1. The molecule has 2 rings (SSSR count). The number of halogens is 2. The maximum Gasteiger partial charge on any atom is 0.263 e. The number of benzene rings is 2. The Bertz CT molecular complexity index is 930. The molecule has 2 aromatic rings. The topological polar surface area (TPSA) is 106 Å². The van der Waals surface area contributed by atoms with Crippen molar-refractivity contribution in [2.75, 3.05) is 4.72 Å². The Kier molecular flexibility index (Phi) is 4.57. The molecule has 0 aliphatic rings. The lowest BCUT2D eigenvalue weighted by atomic mass is 10.3. The summed E-state index contributed by atoms with van der Waals surface area (Å²) >= 11 is 3.09. The number of sulfonamides is 2. The summed E-state index contributed by atoms with van der Waals surface area (Å²) in [5.41, 5.74) is -0.386. The van der Waals surface area contributed by atoms with E-state index >= 15 is 0 Å². The van der Waals surface area contributed by atoms with Gasteiger partial charge in [-0.15, -0.1) is 0 Å². The first-order valence-corrected chi connectivity index (χ1v) is 9.53. The number of nitrogens with one attached hydrogen (secondary N) is 1. The predicted molar refractivity (Wildman–Crippen MR) is 82.7 cm³/mol. The molecule has 0 heterocycles. The van der Waals surface area contributed by atoms with Crippen LogP contribution in [0.2, 0.25) is 0 Å². The second-order valence-corrected chi connectivity index (χ2v) is 8.29. The molecule has 0 spiro atoms. The summed E-state index contributed by atoms with van der Waals surface area (Å²) in [6.45, 7) is 0. The van der Waals surface area contributed by atoms with E-state index < -0.39 is 30.8 Å². The average Bonchev–Trinajstić information content (AvgIpc) is 2.40. The minimum absolute atomic E-state index is 0.0788. The van der Waals surface area contributed by atoms with Crippen LogP contribution in [0.4, 0.5) is 10.1 Å². The first-order chi connectivity index (χ1) is 10.1. The number of nitrogens with two attached hydrogens (primary N) is 1. The Labute approximate surface area is 135 Å². The first kappa shape index (κ1) is 16.9. The Balaban J connectivity index is 2.41. The summed E-state index contributed by atoms with van der Waals surface area (Å²) in [6, 6.07) is 8.65. The standard InChI is InChI=1S/C12H10BrFN2O4S2/c13-9-3-1-2-4-12(9)22(19,20)16-11-6-5-8(7-10(11)14)21(15,17)18/h1-7,16H,(H2,15,17,18). The largest absolute Gasteiger partial charge is 0.277 e. The summed E-state index contributed by atoms with van der Waals surface area (Å²) in [5.74, 6) is -1.05. The molecule has 0 aliphatic heterocycles. The van der Waals surface area contributed by atoms with Crippen molar-refractivity contribution in [2.45, 2.75) is 9.79 Å². The van der Waals surface area contributed by atoms with Gasteiger partial charge >= 0.3 is 0 Å². The number of anilines is 1. The third-order valence-electron chi connectivity index (χ3n) is 2.64. The van der Waals surface area contributed by atoms with E-state index in [0.717, 1.165) is 12.1 Å². The fourth-order valence-electron chi connectivity index (χ4n) is 1.62. The third-order valence-corrected chi connectivity index (χ3v) is 5.93. The van der Waals surface area contributed by atoms with Crippen LogP contribution in [0.25, 0.3) is 0 Å². The lowest BCUT2D eigenvalue weighted by molar-refractivity contribution is 0.592. The molecule has 0 atom stereocenters. The van der Waals surface area contributed by atoms with E-state index in [1.54, 1.807) is 6.07 Å². The van der Waals surface area contributed by atoms with Crippen molar-refractivity contribution in [1.29, 1.82) is 0 Å². The molecule has 2 aromatic carbocycles. The molecule has 0 unspecified atom stereocenters. The number of primary sulfonamides is 1. The predicted octanol–water partition coefficient (Wildman–Crippen LogP) is 2.04. The summed E-state index contributed by atoms with van der Waals surface area (Å²) in [5, 5.41) is 4.87. The van der Waals surface area contributed by atoms with Gasteiger partial charge in [0.1, 0.15) is 10.7 Å². The molecular formula is C12H10BrFN2O4S2. The van der Waals surface area contributed by atoms with Crippen molar-refractivity contribution in [2.24, 2.45) is 5.14 Å². The van der Waals surface area contributed by atoms with Crippen LogP contribution in [0.3, 0.4) is 0 Å². The Hall–Kier alpha value is -1.49. The van der Waals surface area contributed by atoms with Crippen molar-refractivity contribution >= 4 is 41.7 Å². The van der Waals surface area contributed by atoms with Gasteiger partial charge in [-0.2, -0.15) is 0 Å².